The third-order valence-corrected chi connectivity index (χ3v) is 2.28. The number of alkyl halides is 3. The molecular formula is C13H17F3N2O3. The van der Waals surface area contributed by atoms with Crippen molar-refractivity contribution in [2.24, 2.45) is 11.5 Å². The van der Waals surface area contributed by atoms with Crippen LogP contribution in [0, 0.1) is 0 Å². The van der Waals surface area contributed by atoms with Crippen LogP contribution in [0.5, 0.6) is 5.75 Å². The summed E-state index contributed by atoms with van der Waals surface area (Å²) in [5.74, 6) is -1.02. The molecule has 1 aromatic carbocycles. The fourth-order valence-electron chi connectivity index (χ4n) is 1.50. The Hall–Kier alpha value is -1.80. The minimum Gasteiger partial charge on any atom is -0.444 e. The molecule has 1 aromatic rings. The Labute approximate surface area is 120 Å². The predicted octanol–water partition coefficient (Wildman–Crippen LogP) is 1.69. The molecule has 0 spiro atoms. The molecule has 0 bridgehead atoms. The maximum atomic E-state index is 12.0. The summed E-state index contributed by atoms with van der Waals surface area (Å²) < 4.78 is 44.6. The van der Waals surface area contributed by atoms with Gasteiger partial charge in [-0.15, -0.1) is 13.2 Å². The van der Waals surface area contributed by atoms with Crippen LogP contribution < -0.4 is 16.2 Å². The summed E-state index contributed by atoms with van der Waals surface area (Å²) in [6.45, 7) is 3.00. The molecule has 1 unspecified atom stereocenters. The molecule has 4 N–H and O–H groups in total. The van der Waals surface area contributed by atoms with Gasteiger partial charge in [0, 0.05) is 0 Å². The Morgan fingerprint density at radius 2 is 1.76 bits per heavy atom. The summed E-state index contributed by atoms with van der Waals surface area (Å²) >= 11 is 0. The van der Waals surface area contributed by atoms with E-state index in [1.165, 1.54) is 26.0 Å². The molecular weight excluding hydrogens is 289 g/mol. The van der Waals surface area contributed by atoms with E-state index in [1.54, 1.807) is 0 Å². The van der Waals surface area contributed by atoms with Crippen molar-refractivity contribution in [2.45, 2.75) is 38.4 Å². The van der Waals surface area contributed by atoms with Crippen LogP contribution in [0.15, 0.2) is 24.3 Å². The molecule has 0 amide bonds. The highest BCUT2D eigenvalue weighted by atomic mass is 19.4. The van der Waals surface area contributed by atoms with Crippen LogP contribution in [0.3, 0.4) is 0 Å². The number of nitrogens with two attached hydrogens (primary N) is 2. The van der Waals surface area contributed by atoms with Gasteiger partial charge in [0.25, 0.3) is 0 Å². The average Bonchev–Trinajstić information content (AvgIpc) is 2.27. The number of hydrogen-bond acceptors (Lipinski definition) is 5. The summed E-state index contributed by atoms with van der Waals surface area (Å²) in [4.78, 5) is 11.6. The van der Waals surface area contributed by atoms with Crippen molar-refractivity contribution in [2.75, 3.05) is 0 Å². The number of rotatable bonds is 5. The van der Waals surface area contributed by atoms with Crippen molar-refractivity contribution in [1.82, 2.24) is 0 Å². The lowest BCUT2D eigenvalue weighted by molar-refractivity contribution is -0.274. The van der Waals surface area contributed by atoms with Crippen molar-refractivity contribution in [3.8, 4) is 5.75 Å². The maximum absolute atomic E-state index is 12.0. The molecule has 0 saturated carbocycles. The van der Waals surface area contributed by atoms with Crippen LogP contribution in [0.2, 0.25) is 0 Å². The molecule has 0 radical (unpaired) electrons. The van der Waals surface area contributed by atoms with Crippen LogP contribution in [-0.2, 0) is 16.0 Å². The quantitative estimate of drug-likeness (QED) is 0.638. The van der Waals surface area contributed by atoms with E-state index >= 15 is 0 Å². The zero-order chi connectivity index (χ0) is 16.3. The highest BCUT2D eigenvalue weighted by Gasteiger charge is 2.31. The normalized spacial score (nSPS) is 13.7. The predicted molar refractivity (Wildman–Crippen MR) is 69.2 cm³/mol. The third kappa shape index (κ3) is 6.96. The first-order chi connectivity index (χ1) is 9.46. The SMILES string of the molecule is CC(C)(N)OC(=O)C(N)Cc1ccc(OC(F)(F)F)cc1. The van der Waals surface area contributed by atoms with Crippen LogP contribution in [0.1, 0.15) is 19.4 Å². The van der Waals surface area contributed by atoms with E-state index in [2.05, 4.69) is 4.74 Å². The molecule has 8 heteroatoms. The molecule has 1 rings (SSSR count). The molecule has 0 aromatic heterocycles. The zero-order valence-electron chi connectivity index (χ0n) is 11.6. The summed E-state index contributed by atoms with van der Waals surface area (Å²) in [6, 6.07) is 4.12. The largest absolute Gasteiger partial charge is 0.573 e. The molecule has 1 atom stereocenters. The lowest BCUT2D eigenvalue weighted by Gasteiger charge is -2.22. The second-order valence-electron chi connectivity index (χ2n) is 5.03. The second-order valence-corrected chi connectivity index (χ2v) is 5.03. The number of esters is 1. The summed E-state index contributed by atoms with van der Waals surface area (Å²) in [5, 5.41) is 0. The fourth-order valence-corrected chi connectivity index (χ4v) is 1.50. The van der Waals surface area contributed by atoms with Gasteiger partial charge in [0.1, 0.15) is 11.8 Å². The fraction of sp³-hybridized carbons (Fsp3) is 0.462. The molecule has 0 aliphatic carbocycles. The lowest BCUT2D eigenvalue weighted by atomic mass is 10.1. The lowest BCUT2D eigenvalue weighted by Crippen LogP contribution is -2.44. The molecule has 5 nitrogen and oxygen atoms in total. The minimum absolute atomic E-state index is 0.112. The third-order valence-electron chi connectivity index (χ3n) is 2.28. The monoisotopic (exact) mass is 306 g/mol. The van der Waals surface area contributed by atoms with Crippen molar-refractivity contribution in [3.63, 3.8) is 0 Å². The van der Waals surface area contributed by atoms with Gasteiger partial charge in [0.2, 0.25) is 0 Å². The van der Waals surface area contributed by atoms with E-state index in [0.717, 1.165) is 12.1 Å². The molecule has 0 aliphatic rings. The molecule has 0 saturated heterocycles. The van der Waals surface area contributed by atoms with E-state index in [-0.39, 0.29) is 12.2 Å². The average molecular weight is 306 g/mol. The summed E-state index contributed by atoms with van der Waals surface area (Å²) in [7, 11) is 0. The number of benzene rings is 1. The van der Waals surface area contributed by atoms with Gasteiger partial charge < -0.3 is 15.2 Å². The highest BCUT2D eigenvalue weighted by Crippen LogP contribution is 2.23. The minimum atomic E-state index is -4.74. The number of ether oxygens (including phenoxy) is 2. The summed E-state index contributed by atoms with van der Waals surface area (Å²) in [6.07, 6.45) is -4.63. The maximum Gasteiger partial charge on any atom is 0.573 e. The van der Waals surface area contributed by atoms with Crippen molar-refractivity contribution < 1.29 is 27.4 Å². The summed E-state index contributed by atoms with van der Waals surface area (Å²) in [5.41, 5.74) is 10.6. The molecule has 21 heavy (non-hydrogen) atoms. The smallest absolute Gasteiger partial charge is 0.444 e. The van der Waals surface area contributed by atoms with E-state index in [9.17, 15) is 18.0 Å². The van der Waals surface area contributed by atoms with Gasteiger partial charge in [0.05, 0.1) is 0 Å². The van der Waals surface area contributed by atoms with Crippen molar-refractivity contribution in [3.05, 3.63) is 29.8 Å². The van der Waals surface area contributed by atoms with Gasteiger partial charge >= 0.3 is 12.3 Å². The Morgan fingerprint density at radius 1 is 1.24 bits per heavy atom. The number of carbonyl (C=O) groups excluding carboxylic acids is 1. The Balaban J connectivity index is 2.61. The van der Waals surface area contributed by atoms with Crippen LogP contribution >= 0.6 is 0 Å². The van der Waals surface area contributed by atoms with Crippen LogP contribution in [-0.4, -0.2) is 24.1 Å². The van der Waals surface area contributed by atoms with Gasteiger partial charge in [0.15, 0.2) is 5.72 Å². The second kappa shape index (κ2) is 6.31. The van der Waals surface area contributed by atoms with E-state index in [1.807, 2.05) is 0 Å². The van der Waals surface area contributed by atoms with Crippen LogP contribution in [0.4, 0.5) is 13.2 Å². The van der Waals surface area contributed by atoms with E-state index in [0.29, 0.717) is 5.56 Å². The van der Waals surface area contributed by atoms with Gasteiger partial charge in [-0.3, -0.25) is 10.5 Å². The van der Waals surface area contributed by atoms with Gasteiger partial charge in [-0.25, -0.2) is 0 Å². The number of carbonyl (C=O) groups is 1. The Bertz CT molecular complexity index is 481. The Kier molecular flexibility index (Phi) is 5.19. The molecule has 0 fully saturated rings. The van der Waals surface area contributed by atoms with Crippen LogP contribution in [0.25, 0.3) is 0 Å². The highest BCUT2D eigenvalue weighted by molar-refractivity contribution is 5.76. The van der Waals surface area contributed by atoms with Gasteiger partial charge in [-0.1, -0.05) is 12.1 Å². The van der Waals surface area contributed by atoms with Crippen molar-refractivity contribution in [1.29, 1.82) is 0 Å². The number of hydrogen-bond donors (Lipinski definition) is 2. The van der Waals surface area contributed by atoms with E-state index < -0.39 is 24.1 Å². The van der Waals surface area contributed by atoms with E-state index in [4.69, 9.17) is 16.2 Å². The van der Waals surface area contributed by atoms with Crippen molar-refractivity contribution >= 4 is 5.97 Å². The van der Waals surface area contributed by atoms with Gasteiger partial charge in [-0.2, -0.15) is 0 Å². The van der Waals surface area contributed by atoms with Gasteiger partial charge in [-0.05, 0) is 38.0 Å². The zero-order valence-corrected chi connectivity index (χ0v) is 11.6. The first-order valence-electron chi connectivity index (χ1n) is 6.08. The molecule has 118 valence electrons. The molecule has 0 heterocycles. The topological polar surface area (TPSA) is 87.6 Å². The standard InChI is InChI=1S/C13H17F3N2O3/c1-12(2,18)21-11(19)10(17)7-8-3-5-9(6-4-8)20-13(14,15)16/h3-6,10H,7,17-18H2,1-2H3. The Morgan fingerprint density at radius 3 is 2.19 bits per heavy atom. The first kappa shape index (κ1) is 17.3. The molecule has 0 aliphatic heterocycles. The number of halogens is 3. The first-order valence-corrected chi connectivity index (χ1v) is 6.08.